The number of hydrogen-bond acceptors (Lipinski definition) is 4. The topological polar surface area (TPSA) is 63.8 Å². The number of nitrogens with zero attached hydrogens (tertiary/aromatic N) is 2. The van der Waals surface area contributed by atoms with E-state index in [-0.39, 0.29) is 5.82 Å². The Morgan fingerprint density at radius 3 is 2.76 bits per heavy atom. The van der Waals surface area contributed by atoms with Gasteiger partial charge in [0.25, 0.3) is 0 Å². The van der Waals surface area contributed by atoms with Crippen molar-refractivity contribution in [1.82, 2.24) is 9.97 Å². The maximum Gasteiger partial charge on any atom is 0.154 e. The maximum atomic E-state index is 6.02. The minimum atomic E-state index is 0.273. The summed E-state index contributed by atoms with van der Waals surface area (Å²) in [6.07, 6.45) is 1.38. The molecule has 3 N–H and O–H groups in total. The molecule has 0 spiro atoms. The Morgan fingerprint density at radius 1 is 1.24 bits per heavy atom. The number of nitrogen functional groups attached to an aromatic ring is 1. The lowest BCUT2D eigenvalue weighted by Crippen LogP contribution is -2.00. The number of halogens is 1. The molecule has 0 aliphatic carbocycles. The number of rotatable bonds is 2. The van der Waals surface area contributed by atoms with Gasteiger partial charge < -0.3 is 11.1 Å². The molecule has 0 amide bonds. The van der Waals surface area contributed by atoms with E-state index >= 15 is 0 Å². The third-order valence-electron chi connectivity index (χ3n) is 2.46. The first-order valence-electron chi connectivity index (χ1n) is 5.18. The Labute approximate surface area is 105 Å². The molecule has 1 aromatic carbocycles. The first-order chi connectivity index (χ1) is 8.08. The van der Waals surface area contributed by atoms with E-state index in [0.717, 1.165) is 16.8 Å². The van der Waals surface area contributed by atoms with Crippen LogP contribution in [0.4, 0.5) is 17.3 Å². The lowest BCUT2D eigenvalue weighted by molar-refractivity contribution is 1.17. The molecule has 2 aromatic rings. The number of nitrogens with one attached hydrogen (secondary N) is 1. The Kier molecular flexibility index (Phi) is 3.15. The van der Waals surface area contributed by atoms with Gasteiger partial charge in [0.15, 0.2) is 5.82 Å². The van der Waals surface area contributed by atoms with Crippen LogP contribution in [-0.4, -0.2) is 9.97 Å². The molecule has 4 nitrogen and oxygen atoms in total. The molecule has 0 unspecified atom stereocenters. The molecule has 1 heterocycles. The molecular weight excluding hydrogens is 236 g/mol. The highest BCUT2D eigenvalue weighted by molar-refractivity contribution is 6.35. The van der Waals surface area contributed by atoms with Gasteiger partial charge in [0, 0.05) is 5.69 Å². The van der Waals surface area contributed by atoms with Gasteiger partial charge in [0.1, 0.15) is 17.2 Å². The van der Waals surface area contributed by atoms with Crippen LogP contribution in [0.1, 0.15) is 11.1 Å². The SMILES string of the molecule is Cc1ccc(C)c(Nc2ncnc(N)c2Cl)c1. The van der Waals surface area contributed by atoms with Crippen molar-refractivity contribution in [3.8, 4) is 0 Å². The van der Waals surface area contributed by atoms with Crippen LogP contribution in [0, 0.1) is 13.8 Å². The van der Waals surface area contributed by atoms with E-state index in [1.807, 2.05) is 26.0 Å². The second kappa shape index (κ2) is 4.59. The van der Waals surface area contributed by atoms with E-state index in [1.165, 1.54) is 6.33 Å². The predicted octanol–water partition coefficient (Wildman–Crippen LogP) is 3.07. The summed E-state index contributed by atoms with van der Waals surface area (Å²) < 4.78 is 0. The third-order valence-corrected chi connectivity index (χ3v) is 2.84. The van der Waals surface area contributed by atoms with Crippen LogP contribution in [0.3, 0.4) is 0 Å². The maximum absolute atomic E-state index is 6.02. The molecule has 17 heavy (non-hydrogen) atoms. The zero-order valence-electron chi connectivity index (χ0n) is 9.66. The standard InChI is InChI=1S/C12H13ClN4/c1-7-3-4-8(2)9(5-7)17-12-10(13)11(14)15-6-16-12/h3-6H,1-2H3,(H3,14,15,16,17). The summed E-state index contributed by atoms with van der Waals surface area (Å²) in [5.41, 5.74) is 8.86. The lowest BCUT2D eigenvalue weighted by atomic mass is 10.1. The van der Waals surface area contributed by atoms with E-state index in [2.05, 4.69) is 21.4 Å². The van der Waals surface area contributed by atoms with Crippen LogP contribution in [0.15, 0.2) is 24.5 Å². The van der Waals surface area contributed by atoms with E-state index in [1.54, 1.807) is 0 Å². The molecule has 88 valence electrons. The van der Waals surface area contributed by atoms with Crippen molar-refractivity contribution in [1.29, 1.82) is 0 Å². The second-order valence-corrected chi connectivity index (χ2v) is 4.24. The fourth-order valence-electron chi connectivity index (χ4n) is 1.47. The Bertz CT molecular complexity index is 554. The summed E-state index contributed by atoms with van der Waals surface area (Å²) >= 11 is 6.02. The van der Waals surface area contributed by atoms with Gasteiger partial charge in [-0.05, 0) is 31.0 Å². The van der Waals surface area contributed by atoms with Gasteiger partial charge in [-0.1, -0.05) is 23.7 Å². The molecule has 0 saturated carbocycles. The number of aryl methyl sites for hydroxylation is 2. The molecule has 5 heteroatoms. The minimum absolute atomic E-state index is 0.273. The smallest absolute Gasteiger partial charge is 0.154 e. The molecule has 0 atom stereocenters. The largest absolute Gasteiger partial charge is 0.382 e. The summed E-state index contributed by atoms with van der Waals surface area (Å²) in [6.45, 7) is 4.04. The zero-order valence-corrected chi connectivity index (χ0v) is 10.4. The molecule has 0 aliphatic heterocycles. The first-order valence-corrected chi connectivity index (χ1v) is 5.56. The van der Waals surface area contributed by atoms with Crippen LogP contribution < -0.4 is 11.1 Å². The molecule has 0 saturated heterocycles. The molecular formula is C12H13ClN4. The van der Waals surface area contributed by atoms with Gasteiger partial charge in [-0.25, -0.2) is 9.97 Å². The predicted molar refractivity (Wildman–Crippen MR) is 70.7 cm³/mol. The summed E-state index contributed by atoms with van der Waals surface area (Å²) in [7, 11) is 0. The van der Waals surface area contributed by atoms with E-state index in [4.69, 9.17) is 17.3 Å². The second-order valence-electron chi connectivity index (χ2n) is 3.86. The lowest BCUT2D eigenvalue weighted by Gasteiger charge is -2.11. The summed E-state index contributed by atoms with van der Waals surface area (Å²) in [5, 5.41) is 3.50. The average Bonchev–Trinajstić information content (AvgIpc) is 2.30. The van der Waals surface area contributed by atoms with Gasteiger partial charge in [-0.2, -0.15) is 0 Å². The Balaban J connectivity index is 2.38. The number of nitrogens with two attached hydrogens (primary N) is 1. The quantitative estimate of drug-likeness (QED) is 0.857. The van der Waals surface area contributed by atoms with Gasteiger partial charge in [0.2, 0.25) is 0 Å². The highest BCUT2D eigenvalue weighted by Gasteiger charge is 2.07. The number of benzene rings is 1. The number of aromatic nitrogens is 2. The molecule has 0 fully saturated rings. The average molecular weight is 249 g/mol. The fourth-order valence-corrected chi connectivity index (χ4v) is 1.61. The van der Waals surface area contributed by atoms with E-state index in [9.17, 15) is 0 Å². The molecule has 2 rings (SSSR count). The van der Waals surface area contributed by atoms with Crippen molar-refractivity contribution in [3.05, 3.63) is 40.7 Å². The van der Waals surface area contributed by atoms with Crippen molar-refractivity contribution in [2.45, 2.75) is 13.8 Å². The Morgan fingerprint density at radius 2 is 2.00 bits per heavy atom. The first kappa shape index (κ1) is 11.7. The van der Waals surface area contributed by atoms with E-state index < -0.39 is 0 Å². The highest BCUT2D eigenvalue weighted by atomic mass is 35.5. The molecule has 1 aromatic heterocycles. The van der Waals surface area contributed by atoms with Gasteiger partial charge in [-0.3, -0.25) is 0 Å². The third kappa shape index (κ3) is 2.47. The van der Waals surface area contributed by atoms with Crippen molar-refractivity contribution in [3.63, 3.8) is 0 Å². The van der Waals surface area contributed by atoms with Crippen molar-refractivity contribution >= 4 is 28.9 Å². The minimum Gasteiger partial charge on any atom is -0.382 e. The van der Waals surface area contributed by atoms with Crippen LogP contribution in [0.2, 0.25) is 5.02 Å². The van der Waals surface area contributed by atoms with Gasteiger partial charge >= 0.3 is 0 Å². The normalized spacial score (nSPS) is 10.3. The molecule has 0 aliphatic rings. The van der Waals surface area contributed by atoms with Crippen molar-refractivity contribution < 1.29 is 0 Å². The van der Waals surface area contributed by atoms with Gasteiger partial charge in [0.05, 0.1) is 0 Å². The summed E-state index contributed by atoms with van der Waals surface area (Å²) in [6, 6.07) is 6.12. The number of hydrogen-bond donors (Lipinski definition) is 2. The van der Waals surface area contributed by atoms with Crippen LogP contribution in [0.5, 0.6) is 0 Å². The number of anilines is 3. The van der Waals surface area contributed by atoms with Crippen LogP contribution in [0.25, 0.3) is 0 Å². The van der Waals surface area contributed by atoms with Crippen LogP contribution in [-0.2, 0) is 0 Å². The highest BCUT2D eigenvalue weighted by Crippen LogP contribution is 2.28. The van der Waals surface area contributed by atoms with Gasteiger partial charge in [-0.15, -0.1) is 0 Å². The monoisotopic (exact) mass is 248 g/mol. The van der Waals surface area contributed by atoms with Crippen molar-refractivity contribution in [2.75, 3.05) is 11.1 Å². The molecule has 0 radical (unpaired) electrons. The fraction of sp³-hybridized carbons (Fsp3) is 0.167. The summed E-state index contributed by atoms with van der Waals surface area (Å²) in [5.74, 6) is 0.794. The van der Waals surface area contributed by atoms with Crippen molar-refractivity contribution in [2.24, 2.45) is 0 Å². The zero-order chi connectivity index (χ0) is 12.4. The van der Waals surface area contributed by atoms with Crippen LogP contribution >= 0.6 is 11.6 Å². The summed E-state index contributed by atoms with van der Waals surface area (Å²) in [4.78, 5) is 7.89. The molecule has 0 bridgehead atoms. The Hall–Kier alpha value is -1.81. The van der Waals surface area contributed by atoms with E-state index in [0.29, 0.717) is 10.8 Å².